The van der Waals surface area contributed by atoms with Crippen LogP contribution in [0.25, 0.3) is 10.8 Å². The summed E-state index contributed by atoms with van der Waals surface area (Å²) in [5, 5.41) is 10.3. The molecule has 24 heavy (non-hydrogen) atoms. The van der Waals surface area contributed by atoms with Gasteiger partial charge < -0.3 is 5.32 Å². The molecule has 1 saturated heterocycles. The molecule has 2 N–H and O–H groups in total. The van der Waals surface area contributed by atoms with Gasteiger partial charge in [-0.05, 0) is 6.07 Å². The van der Waals surface area contributed by atoms with Crippen LogP contribution in [-0.2, 0) is 21.2 Å². The average Bonchev–Trinajstić information content (AvgIpc) is 2.47. The minimum absolute atomic E-state index is 0.0554. The number of carbonyl (C=O) groups excluding carboxylic acids is 1. The third-order valence-electron chi connectivity index (χ3n) is 4.08. The summed E-state index contributed by atoms with van der Waals surface area (Å²) >= 11 is 0. The van der Waals surface area contributed by atoms with Crippen molar-refractivity contribution in [3.05, 3.63) is 40.3 Å². The first kappa shape index (κ1) is 16.6. The number of aromatic amines is 1. The van der Waals surface area contributed by atoms with Gasteiger partial charge in [-0.25, -0.2) is 17.8 Å². The molecule has 2 aromatic rings. The third-order valence-corrected chi connectivity index (χ3v) is 5.32. The van der Waals surface area contributed by atoms with Gasteiger partial charge in [0, 0.05) is 30.9 Å². The fourth-order valence-corrected chi connectivity index (χ4v) is 3.66. The molecule has 8 nitrogen and oxygen atoms in total. The van der Waals surface area contributed by atoms with E-state index in [-0.39, 0.29) is 23.8 Å². The number of benzene rings is 1. The maximum absolute atomic E-state index is 12.1. The molecule has 3 rings (SSSR count). The number of amides is 1. The zero-order valence-corrected chi connectivity index (χ0v) is 14.0. The lowest BCUT2D eigenvalue weighted by Gasteiger charge is -2.37. The van der Waals surface area contributed by atoms with E-state index in [1.54, 1.807) is 24.3 Å². The Hall–Kier alpha value is -2.26. The first-order valence-corrected chi connectivity index (χ1v) is 9.37. The van der Waals surface area contributed by atoms with Crippen molar-refractivity contribution >= 4 is 26.7 Å². The van der Waals surface area contributed by atoms with E-state index in [1.165, 1.54) is 10.6 Å². The van der Waals surface area contributed by atoms with Crippen LogP contribution in [0.5, 0.6) is 0 Å². The van der Waals surface area contributed by atoms with E-state index >= 15 is 0 Å². The van der Waals surface area contributed by atoms with Crippen molar-refractivity contribution in [2.75, 3.05) is 25.9 Å². The normalized spacial score (nSPS) is 16.0. The van der Waals surface area contributed by atoms with Crippen molar-refractivity contribution in [3.8, 4) is 0 Å². The molecule has 1 amide bonds. The number of nitrogens with one attached hydrogen (secondary N) is 2. The summed E-state index contributed by atoms with van der Waals surface area (Å²) in [6, 6.07) is 6.99. The van der Waals surface area contributed by atoms with Gasteiger partial charge in [0.05, 0.1) is 23.8 Å². The van der Waals surface area contributed by atoms with Crippen molar-refractivity contribution in [1.82, 2.24) is 19.8 Å². The maximum atomic E-state index is 12.1. The van der Waals surface area contributed by atoms with Crippen LogP contribution in [-0.4, -0.2) is 54.7 Å². The Kier molecular flexibility index (Phi) is 4.37. The fraction of sp³-hybridized carbons (Fsp3) is 0.400. The molecule has 0 atom stereocenters. The van der Waals surface area contributed by atoms with Crippen LogP contribution in [0.3, 0.4) is 0 Å². The number of fused-ring (bicyclic) bond motifs is 1. The van der Waals surface area contributed by atoms with Crippen LogP contribution in [0.15, 0.2) is 29.1 Å². The Morgan fingerprint density at radius 1 is 1.33 bits per heavy atom. The molecule has 2 heterocycles. The Morgan fingerprint density at radius 3 is 2.67 bits per heavy atom. The zero-order chi connectivity index (χ0) is 17.3. The summed E-state index contributed by atoms with van der Waals surface area (Å²) in [6.45, 7) is 1.28. The summed E-state index contributed by atoms with van der Waals surface area (Å²) in [6.07, 6.45) is 1.23. The zero-order valence-electron chi connectivity index (χ0n) is 13.2. The predicted molar refractivity (Wildman–Crippen MR) is 89.0 cm³/mol. The number of nitrogens with zero attached hydrogens (tertiary/aromatic N) is 2. The van der Waals surface area contributed by atoms with Gasteiger partial charge in [0.1, 0.15) is 0 Å². The second-order valence-electron chi connectivity index (χ2n) is 5.97. The quantitative estimate of drug-likeness (QED) is 0.753. The molecule has 1 aromatic heterocycles. The van der Waals surface area contributed by atoms with E-state index in [0.717, 1.165) is 0 Å². The van der Waals surface area contributed by atoms with Gasteiger partial charge in [0.25, 0.3) is 5.56 Å². The topological polar surface area (TPSA) is 112 Å². The minimum atomic E-state index is -3.14. The van der Waals surface area contributed by atoms with Crippen molar-refractivity contribution in [2.45, 2.75) is 6.42 Å². The lowest BCUT2D eigenvalue weighted by Crippen LogP contribution is -2.53. The summed E-state index contributed by atoms with van der Waals surface area (Å²) < 4.78 is 24.0. The van der Waals surface area contributed by atoms with E-state index < -0.39 is 10.0 Å². The number of carbonyl (C=O) groups is 1. The smallest absolute Gasteiger partial charge is 0.272 e. The van der Waals surface area contributed by atoms with E-state index in [2.05, 4.69) is 15.5 Å². The highest BCUT2D eigenvalue weighted by Gasteiger charge is 2.33. The minimum Gasteiger partial charge on any atom is -0.355 e. The standard InChI is InChI=1S/C15H18N4O4S/c1-24(22,23)19-8-10(9-19)7-16-14(20)6-13-11-4-2-3-5-12(11)15(21)18-17-13/h2-5,10H,6-9H2,1H3,(H,16,20)(H,18,21). The van der Waals surface area contributed by atoms with Crippen LogP contribution in [0, 0.1) is 5.92 Å². The Labute approximate surface area is 138 Å². The molecule has 0 saturated carbocycles. The number of sulfonamides is 1. The van der Waals surface area contributed by atoms with E-state index in [1.807, 2.05) is 0 Å². The predicted octanol–water partition coefficient (Wildman–Crippen LogP) is -0.527. The van der Waals surface area contributed by atoms with Gasteiger partial charge >= 0.3 is 0 Å². The molecule has 9 heteroatoms. The SMILES string of the molecule is CS(=O)(=O)N1CC(CNC(=O)Cc2n[nH]c(=O)c3ccccc23)C1. The molecule has 0 unspecified atom stereocenters. The number of aromatic nitrogens is 2. The molecule has 1 aromatic carbocycles. The fourth-order valence-electron chi connectivity index (χ4n) is 2.70. The largest absolute Gasteiger partial charge is 0.355 e. The molecule has 1 aliphatic heterocycles. The highest BCUT2D eigenvalue weighted by Crippen LogP contribution is 2.18. The number of H-pyrrole nitrogens is 1. The molecule has 128 valence electrons. The third kappa shape index (κ3) is 3.46. The molecular formula is C15H18N4O4S. The Morgan fingerprint density at radius 2 is 2.00 bits per heavy atom. The van der Waals surface area contributed by atoms with Crippen molar-refractivity contribution in [3.63, 3.8) is 0 Å². The second-order valence-corrected chi connectivity index (χ2v) is 7.95. The molecule has 1 aliphatic rings. The van der Waals surface area contributed by atoms with E-state index in [9.17, 15) is 18.0 Å². The maximum Gasteiger partial charge on any atom is 0.272 e. The first-order valence-electron chi connectivity index (χ1n) is 7.52. The van der Waals surface area contributed by atoms with Gasteiger partial charge in [-0.1, -0.05) is 18.2 Å². The number of rotatable bonds is 5. The van der Waals surface area contributed by atoms with Crippen LogP contribution >= 0.6 is 0 Å². The first-order chi connectivity index (χ1) is 11.3. The van der Waals surface area contributed by atoms with Gasteiger partial charge in [0.15, 0.2) is 0 Å². The van der Waals surface area contributed by atoms with Crippen molar-refractivity contribution < 1.29 is 13.2 Å². The lowest BCUT2D eigenvalue weighted by atomic mass is 10.0. The number of hydrogen-bond acceptors (Lipinski definition) is 5. The molecule has 0 bridgehead atoms. The van der Waals surface area contributed by atoms with Crippen molar-refractivity contribution in [1.29, 1.82) is 0 Å². The Bertz CT molecular complexity index is 932. The molecule has 0 spiro atoms. The molecule has 0 aliphatic carbocycles. The summed E-state index contributed by atoms with van der Waals surface area (Å²) in [5.41, 5.74) is 0.221. The lowest BCUT2D eigenvalue weighted by molar-refractivity contribution is -0.120. The van der Waals surface area contributed by atoms with Crippen LogP contribution in [0.1, 0.15) is 5.69 Å². The van der Waals surface area contributed by atoms with Gasteiger partial charge in [-0.3, -0.25) is 9.59 Å². The van der Waals surface area contributed by atoms with Crippen LogP contribution in [0.4, 0.5) is 0 Å². The second kappa shape index (κ2) is 6.33. The van der Waals surface area contributed by atoms with E-state index in [0.29, 0.717) is 36.1 Å². The Balaban J connectivity index is 1.59. The van der Waals surface area contributed by atoms with Gasteiger partial charge in [0.2, 0.25) is 15.9 Å². The molecule has 0 radical (unpaired) electrons. The molecular weight excluding hydrogens is 332 g/mol. The van der Waals surface area contributed by atoms with Gasteiger partial charge in [-0.2, -0.15) is 5.10 Å². The highest BCUT2D eigenvalue weighted by molar-refractivity contribution is 7.88. The summed E-state index contributed by atoms with van der Waals surface area (Å²) in [4.78, 5) is 23.8. The highest BCUT2D eigenvalue weighted by atomic mass is 32.2. The van der Waals surface area contributed by atoms with Gasteiger partial charge in [-0.15, -0.1) is 0 Å². The average molecular weight is 350 g/mol. The summed E-state index contributed by atoms with van der Waals surface area (Å²) in [5.74, 6) is -0.0820. The monoisotopic (exact) mass is 350 g/mol. The van der Waals surface area contributed by atoms with Crippen LogP contribution in [0.2, 0.25) is 0 Å². The number of hydrogen-bond donors (Lipinski definition) is 2. The van der Waals surface area contributed by atoms with Crippen LogP contribution < -0.4 is 10.9 Å². The molecule has 1 fully saturated rings. The van der Waals surface area contributed by atoms with Crippen molar-refractivity contribution in [2.24, 2.45) is 5.92 Å². The summed E-state index contributed by atoms with van der Waals surface area (Å²) in [7, 11) is -3.14. The van der Waals surface area contributed by atoms with E-state index in [4.69, 9.17) is 0 Å².